The number of alkyl halides is 3. The van der Waals surface area contributed by atoms with E-state index in [2.05, 4.69) is 32.9 Å². The third-order valence-electron chi connectivity index (χ3n) is 6.27. The molecule has 8 nitrogen and oxygen atoms in total. The highest BCUT2D eigenvalue weighted by atomic mass is 32.2. The second-order valence-corrected chi connectivity index (χ2v) is 10.0. The number of hydrogen-bond acceptors (Lipinski definition) is 7. The number of carbonyl (C=O) groups is 1. The summed E-state index contributed by atoms with van der Waals surface area (Å²) in [6, 6.07) is 9.75. The van der Waals surface area contributed by atoms with Gasteiger partial charge in [-0.05, 0) is 56.6 Å². The topological polar surface area (TPSA) is 82.9 Å². The van der Waals surface area contributed by atoms with E-state index in [1.54, 1.807) is 36.4 Å². The molecule has 12 heteroatoms. The number of likely N-dealkylation sites (tertiary alicyclic amines) is 1. The van der Waals surface area contributed by atoms with Crippen molar-refractivity contribution in [1.29, 1.82) is 0 Å². The molecule has 39 heavy (non-hydrogen) atoms. The molecule has 1 aliphatic rings. The van der Waals surface area contributed by atoms with Gasteiger partial charge in [0.25, 0.3) is 11.7 Å². The van der Waals surface area contributed by atoms with Crippen molar-refractivity contribution in [3.8, 4) is 17.6 Å². The summed E-state index contributed by atoms with van der Waals surface area (Å²) in [5.41, 5.74) is 1.68. The number of rotatable bonds is 9. The van der Waals surface area contributed by atoms with Crippen LogP contribution in [0, 0.1) is 11.8 Å². The SMILES string of the molecule is CCNC(=O)c1ccc(OC)c(NCC#Cc2nn3c(N[C@@H]4CCN(C)C[C@@H]4F)cccc3c2SC(F)F)c1. The number of thioether (sulfide) groups is 1. The average Bonchev–Trinajstić information content (AvgIpc) is 3.25. The maximum atomic E-state index is 14.7. The molecule has 1 aromatic carbocycles. The number of aromatic nitrogens is 2. The largest absolute Gasteiger partial charge is 0.495 e. The van der Waals surface area contributed by atoms with Crippen LogP contribution in [0.1, 0.15) is 29.4 Å². The number of carbonyl (C=O) groups excluding carboxylic acids is 1. The van der Waals surface area contributed by atoms with Crippen LogP contribution < -0.4 is 20.7 Å². The smallest absolute Gasteiger partial charge is 0.289 e. The molecule has 0 saturated carbocycles. The van der Waals surface area contributed by atoms with Gasteiger partial charge in [-0.1, -0.05) is 23.7 Å². The minimum atomic E-state index is -2.67. The summed E-state index contributed by atoms with van der Waals surface area (Å²) in [7, 11) is 3.39. The number of nitrogens with one attached hydrogen (secondary N) is 3. The van der Waals surface area contributed by atoms with Gasteiger partial charge in [-0.15, -0.1) is 0 Å². The molecule has 2 atom stereocenters. The van der Waals surface area contributed by atoms with Crippen LogP contribution in [0.2, 0.25) is 0 Å². The zero-order valence-corrected chi connectivity index (χ0v) is 22.7. The normalized spacial score (nSPS) is 17.5. The van der Waals surface area contributed by atoms with E-state index in [-0.39, 0.29) is 23.0 Å². The fourth-order valence-electron chi connectivity index (χ4n) is 4.37. The molecule has 1 amide bonds. The Morgan fingerprint density at radius 2 is 2.13 bits per heavy atom. The van der Waals surface area contributed by atoms with Crippen molar-refractivity contribution in [2.45, 2.75) is 36.2 Å². The third-order valence-corrected chi connectivity index (χ3v) is 7.09. The Balaban J connectivity index is 1.58. The lowest BCUT2D eigenvalue weighted by molar-refractivity contribution is 0.0956. The molecule has 1 aliphatic heterocycles. The Labute approximate surface area is 229 Å². The number of nitrogens with zero attached hydrogens (tertiary/aromatic N) is 3. The van der Waals surface area contributed by atoms with E-state index >= 15 is 0 Å². The van der Waals surface area contributed by atoms with E-state index in [1.165, 1.54) is 11.6 Å². The Hall–Kier alpha value is -3.56. The van der Waals surface area contributed by atoms with Crippen molar-refractivity contribution in [1.82, 2.24) is 19.8 Å². The van der Waals surface area contributed by atoms with Crippen molar-refractivity contribution in [2.75, 3.05) is 51.0 Å². The summed E-state index contributed by atoms with van der Waals surface area (Å²) in [4.78, 5) is 14.4. The molecule has 2 aromatic heterocycles. The monoisotopic (exact) mass is 560 g/mol. The number of halogens is 3. The minimum Gasteiger partial charge on any atom is -0.495 e. The van der Waals surface area contributed by atoms with Gasteiger partial charge in [0, 0.05) is 25.2 Å². The van der Waals surface area contributed by atoms with Crippen LogP contribution in [0.15, 0.2) is 41.3 Å². The molecule has 208 valence electrons. The first kappa shape index (κ1) is 28.4. The first-order valence-corrected chi connectivity index (χ1v) is 13.4. The molecule has 3 N–H and O–H groups in total. The molecular weight excluding hydrogens is 529 g/mol. The fraction of sp³-hybridized carbons (Fsp3) is 0.407. The molecule has 0 spiro atoms. The first-order valence-electron chi connectivity index (χ1n) is 12.5. The van der Waals surface area contributed by atoms with Crippen LogP contribution in [-0.2, 0) is 0 Å². The van der Waals surface area contributed by atoms with Crippen LogP contribution >= 0.6 is 11.8 Å². The van der Waals surface area contributed by atoms with E-state index in [4.69, 9.17) is 4.74 Å². The maximum absolute atomic E-state index is 14.7. The van der Waals surface area contributed by atoms with Crippen molar-refractivity contribution in [2.24, 2.45) is 0 Å². The van der Waals surface area contributed by atoms with Crippen molar-refractivity contribution < 1.29 is 22.7 Å². The van der Waals surface area contributed by atoms with E-state index in [0.717, 1.165) is 6.54 Å². The second kappa shape index (κ2) is 13.0. The summed E-state index contributed by atoms with van der Waals surface area (Å²) in [6.07, 6.45) is -0.463. The maximum Gasteiger partial charge on any atom is 0.289 e. The zero-order chi connectivity index (χ0) is 27.9. The van der Waals surface area contributed by atoms with E-state index < -0.39 is 18.0 Å². The van der Waals surface area contributed by atoms with Gasteiger partial charge in [-0.2, -0.15) is 13.9 Å². The summed E-state index contributed by atoms with van der Waals surface area (Å²) in [6.45, 7) is 3.55. The van der Waals surface area contributed by atoms with Gasteiger partial charge in [0.1, 0.15) is 23.4 Å². The quantitative estimate of drug-likeness (QED) is 0.266. The van der Waals surface area contributed by atoms with Crippen LogP contribution in [0.5, 0.6) is 5.75 Å². The van der Waals surface area contributed by atoms with Crippen LogP contribution in [0.4, 0.5) is 24.7 Å². The van der Waals surface area contributed by atoms with Gasteiger partial charge in [0.15, 0.2) is 0 Å². The number of ether oxygens (including phenoxy) is 1. The standard InChI is InChI=1S/C27H31F3N6O2S/c1-4-31-26(37)17-10-11-23(38-3)21(15-17)32-13-6-7-20-25(39-27(29)30)22-8-5-9-24(36(22)34-20)33-19-12-14-35(2)16-18(19)28/h5,8-11,15,18-19,27,32-33H,4,12-14,16H2,1-3H3,(H,31,37)/t18-,19+/m0/s1. The van der Waals surface area contributed by atoms with Crippen LogP contribution in [0.25, 0.3) is 5.52 Å². The number of piperidine rings is 1. The Morgan fingerprint density at radius 3 is 2.85 bits per heavy atom. The highest BCUT2D eigenvalue weighted by Gasteiger charge is 2.28. The lowest BCUT2D eigenvalue weighted by Crippen LogP contribution is -2.46. The highest BCUT2D eigenvalue weighted by Crippen LogP contribution is 2.34. The second-order valence-electron chi connectivity index (χ2n) is 9.01. The molecule has 0 unspecified atom stereocenters. The predicted octanol–water partition coefficient (Wildman–Crippen LogP) is 4.33. The summed E-state index contributed by atoms with van der Waals surface area (Å²) in [5.74, 6) is 3.98. The van der Waals surface area contributed by atoms with Crippen molar-refractivity contribution in [3.63, 3.8) is 0 Å². The molecule has 3 aromatic rings. The molecule has 0 aliphatic carbocycles. The molecule has 1 saturated heterocycles. The molecule has 0 radical (unpaired) electrons. The van der Waals surface area contributed by atoms with Crippen LogP contribution in [0.3, 0.4) is 0 Å². The Kier molecular flexibility index (Phi) is 9.48. The summed E-state index contributed by atoms with van der Waals surface area (Å²) < 4.78 is 48.5. The van der Waals surface area contributed by atoms with Gasteiger partial charge in [-0.25, -0.2) is 8.91 Å². The van der Waals surface area contributed by atoms with Gasteiger partial charge < -0.3 is 25.6 Å². The van der Waals surface area contributed by atoms with Crippen molar-refractivity contribution >= 4 is 34.7 Å². The number of fused-ring (bicyclic) bond motifs is 1. The molecule has 1 fully saturated rings. The van der Waals surface area contributed by atoms with Gasteiger partial charge in [0.2, 0.25) is 0 Å². The number of benzene rings is 1. The van der Waals surface area contributed by atoms with Crippen molar-refractivity contribution in [3.05, 3.63) is 47.7 Å². The number of methoxy groups -OCH3 is 1. The summed E-state index contributed by atoms with van der Waals surface area (Å²) >= 11 is 0.375. The molecule has 4 rings (SSSR count). The number of amides is 1. The highest BCUT2D eigenvalue weighted by molar-refractivity contribution is 7.99. The van der Waals surface area contributed by atoms with Gasteiger partial charge in [0.05, 0.1) is 35.8 Å². The molecule has 3 heterocycles. The number of hydrogen-bond donors (Lipinski definition) is 3. The lowest BCUT2D eigenvalue weighted by atomic mass is 10.0. The molecular formula is C27H31F3N6O2S. The average molecular weight is 561 g/mol. The third kappa shape index (κ3) is 6.91. The molecule has 0 bridgehead atoms. The van der Waals surface area contributed by atoms with E-state index in [9.17, 15) is 18.0 Å². The minimum absolute atomic E-state index is 0.145. The Bertz CT molecular complexity index is 1370. The van der Waals surface area contributed by atoms with E-state index in [1.807, 2.05) is 18.9 Å². The number of pyridine rings is 1. The number of anilines is 2. The van der Waals surface area contributed by atoms with Gasteiger partial charge >= 0.3 is 0 Å². The van der Waals surface area contributed by atoms with Gasteiger partial charge in [-0.3, -0.25) is 4.79 Å². The van der Waals surface area contributed by atoms with Crippen LogP contribution in [-0.4, -0.2) is 78.7 Å². The Morgan fingerprint density at radius 1 is 1.31 bits per heavy atom. The summed E-state index contributed by atoms with van der Waals surface area (Å²) in [5, 5.41) is 13.6. The van der Waals surface area contributed by atoms with E-state index in [0.29, 0.717) is 59.6 Å². The lowest BCUT2D eigenvalue weighted by Gasteiger charge is -2.33. The zero-order valence-electron chi connectivity index (χ0n) is 21.9. The fourth-order valence-corrected chi connectivity index (χ4v) is 5.03. The predicted molar refractivity (Wildman–Crippen MR) is 148 cm³/mol. The first-order chi connectivity index (χ1) is 18.8.